The lowest BCUT2D eigenvalue weighted by Crippen LogP contribution is -2.37. The van der Waals surface area contributed by atoms with Crippen LogP contribution in [0.25, 0.3) is 0 Å². The molecule has 0 heterocycles. The van der Waals surface area contributed by atoms with Crippen LogP contribution in [0.4, 0.5) is 0 Å². The predicted octanol–water partition coefficient (Wildman–Crippen LogP) is 2.82. The molecule has 0 aromatic rings. The summed E-state index contributed by atoms with van der Waals surface area (Å²) in [5.41, 5.74) is 0. The second-order valence-electron chi connectivity index (χ2n) is 6.12. The maximum absolute atomic E-state index is 12.2. The molecule has 0 spiro atoms. The van der Waals surface area contributed by atoms with E-state index in [1.54, 1.807) is 0 Å². The summed E-state index contributed by atoms with van der Waals surface area (Å²) in [5, 5.41) is 9.05. The number of fused-ring (bicyclic) bond motifs is 2. The van der Waals surface area contributed by atoms with Crippen LogP contribution >= 0.6 is 0 Å². The number of amides is 1. The molecule has 4 unspecified atom stereocenters. The molecule has 2 aliphatic rings. The lowest BCUT2D eigenvalue weighted by atomic mass is 9.88. The monoisotopic (exact) mass is 248 g/mol. The van der Waals surface area contributed by atoms with Crippen LogP contribution < -0.4 is 0 Å². The van der Waals surface area contributed by atoms with Crippen LogP contribution in [0.5, 0.6) is 0 Å². The van der Waals surface area contributed by atoms with Crippen molar-refractivity contribution in [1.29, 1.82) is 5.26 Å². The highest BCUT2D eigenvalue weighted by molar-refractivity contribution is 5.80. The van der Waals surface area contributed by atoms with Crippen molar-refractivity contribution in [1.82, 2.24) is 4.90 Å². The standard InChI is InChI=1S/C15H24N2O/c1-3-4-13(9-16)15(18)17(2)10-14-8-11-5-6-12(14)7-11/h11-14H,3-8,10H2,1-2H3. The van der Waals surface area contributed by atoms with E-state index < -0.39 is 5.92 Å². The van der Waals surface area contributed by atoms with Crippen molar-refractivity contribution < 1.29 is 4.79 Å². The molecular formula is C15H24N2O. The zero-order valence-corrected chi connectivity index (χ0v) is 11.6. The van der Waals surface area contributed by atoms with Crippen molar-refractivity contribution in [3.63, 3.8) is 0 Å². The number of carbonyl (C=O) groups excluding carboxylic acids is 1. The molecule has 2 bridgehead atoms. The Morgan fingerprint density at radius 1 is 1.44 bits per heavy atom. The van der Waals surface area contributed by atoms with Gasteiger partial charge in [-0.3, -0.25) is 4.79 Å². The molecule has 1 amide bonds. The minimum absolute atomic E-state index is 0.0297. The minimum atomic E-state index is -0.432. The zero-order valence-electron chi connectivity index (χ0n) is 11.6. The summed E-state index contributed by atoms with van der Waals surface area (Å²) in [4.78, 5) is 14.0. The van der Waals surface area contributed by atoms with Crippen LogP contribution in [0.15, 0.2) is 0 Å². The molecule has 3 nitrogen and oxygen atoms in total. The van der Waals surface area contributed by atoms with Gasteiger partial charge in [-0.25, -0.2) is 0 Å². The molecule has 100 valence electrons. The van der Waals surface area contributed by atoms with E-state index in [4.69, 9.17) is 5.26 Å². The highest BCUT2D eigenvalue weighted by atomic mass is 16.2. The number of hydrogen-bond donors (Lipinski definition) is 0. The summed E-state index contributed by atoms with van der Waals surface area (Å²) < 4.78 is 0. The topological polar surface area (TPSA) is 44.1 Å². The third-order valence-electron chi connectivity index (χ3n) is 4.80. The first-order valence-corrected chi connectivity index (χ1v) is 7.30. The number of hydrogen-bond acceptors (Lipinski definition) is 2. The SMILES string of the molecule is CCCC(C#N)C(=O)N(C)CC1CC2CCC1C2. The smallest absolute Gasteiger partial charge is 0.239 e. The molecule has 3 heteroatoms. The summed E-state index contributed by atoms with van der Waals surface area (Å²) in [6.45, 7) is 2.88. The lowest BCUT2D eigenvalue weighted by molar-refractivity contribution is -0.133. The second-order valence-corrected chi connectivity index (χ2v) is 6.12. The minimum Gasteiger partial charge on any atom is -0.344 e. The summed E-state index contributed by atoms with van der Waals surface area (Å²) in [6.07, 6.45) is 7.02. The normalized spacial score (nSPS) is 31.1. The van der Waals surface area contributed by atoms with Gasteiger partial charge in [-0.1, -0.05) is 19.8 Å². The Labute approximate surface area is 110 Å². The van der Waals surface area contributed by atoms with E-state index in [1.165, 1.54) is 25.7 Å². The molecule has 18 heavy (non-hydrogen) atoms. The Morgan fingerprint density at radius 2 is 2.22 bits per heavy atom. The first-order valence-electron chi connectivity index (χ1n) is 7.30. The molecule has 0 radical (unpaired) electrons. The fraction of sp³-hybridized carbons (Fsp3) is 0.867. The number of rotatable bonds is 5. The average Bonchev–Trinajstić information content (AvgIpc) is 2.97. The molecule has 2 fully saturated rings. The van der Waals surface area contributed by atoms with E-state index in [0.29, 0.717) is 12.3 Å². The van der Waals surface area contributed by atoms with Gasteiger partial charge in [0.1, 0.15) is 5.92 Å². The summed E-state index contributed by atoms with van der Waals surface area (Å²) in [6, 6.07) is 2.15. The molecule has 0 N–H and O–H groups in total. The molecule has 0 aromatic carbocycles. The van der Waals surface area contributed by atoms with Crippen LogP contribution in [0, 0.1) is 35.0 Å². The fourth-order valence-corrected chi connectivity index (χ4v) is 3.84. The maximum Gasteiger partial charge on any atom is 0.239 e. The quantitative estimate of drug-likeness (QED) is 0.751. The Hall–Kier alpha value is -1.04. The molecule has 0 saturated heterocycles. The Bertz CT molecular complexity index is 347. The predicted molar refractivity (Wildman–Crippen MR) is 70.6 cm³/mol. The van der Waals surface area contributed by atoms with Gasteiger partial charge in [0.25, 0.3) is 0 Å². The average molecular weight is 248 g/mol. The Morgan fingerprint density at radius 3 is 2.72 bits per heavy atom. The first kappa shape index (κ1) is 13.4. The van der Waals surface area contributed by atoms with Crippen molar-refractivity contribution in [3.8, 4) is 6.07 Å². The van der Waals surface area contributed by atoms with Crippen LogP contribution in [-0.4, -0.2) is 24.4 Å². The highest BCUT2D eigenvalue weighted by Crippen LogP contribution is 2.48. The van der Waals surface area contributed by atoms with E-state index in [0.717, 1.165) is 24.8 Å². The summed E-state index contributed by atoms with van der Waals surface area (Å²) in [7, 11) is 1.87. The van der Waals surface area contributed by atoms with E-state index in [2.05, 4.69) is 6.07 Å². The van der Waals surface area contributed by atoms with Gasteiger partial charge >= 0.3 is 0 Å². The van der Waals surface area contributed by atoms with E-state index in [1.807, 2.05) is 18.9 Å². The number of carbonyl (C=O) groups is 1. The van der Waals surface area contributed by atoms with Gasteiger partial charge in [-0.15, -0.1) is 0 Å². The second kappa shape index (κ2) is 5.73. The van der Waals surface area contributed by atoms with Gasteiger partial charge in [0.2, 0.25) is 5.91 Å². The third kappa shape index (κ3) is 2.68. The zero-order chi connectivity index (χ0) is 13.1. The number of nitriles is 1. The van der Waals surface area contributed by atoms with Gasteiger partial charge in [0.15, 0.2) is 0 Å². The molecular weight excluding hydrogens is 224 g/mol. The van der Waals surface area contributed by atoms with E-state index >= 15 is 0 Å². The van der Waals surface area contributed by atoms with Gasteiger partial charge in [-0.05, 0) is 43.4 Å². The van der Waals surface area contributed by atoms with E-state index in [9.17, 15) is 4.79 Å². The molecule has 0 aromatic heterocycles. The van der Waals surface area contributed by atoms with Gasteiger partial charge in [0.05, 0.1) is 6.07 Å². The summed E-state index contributed by atoms with van der Waals surface area (Å²) in [5.74, 6) is 2.06. The largest absolute Gasteiger partial charge is 0.344 e. The van der Waals surface area contributed by atoms with Crippen molar-refractivity contribution in [2.45, 2.75) is 45.4 Å². The third-order valence-corrected chi connectivity index (χ3v) is 4.80. The highest BCUT2D eigenvalue weighted by Gasteiger charge is 2.40. The van der Waals surface area contributed by atoms with Gasteiger partial charge in [0, 0.05) is 13.6 Å². The van der Waals surface area contributed by atoms with Crippen LogP contribution in [0.1, 0.15) is 45.4 Å². The fourth-order valence-electron chi connectivity index (χ4n) is 3.84. The molecule has 2 rings (SSSR count). The van der Waals surface area contributed by atoms with E-state index in [-0.39, 0.29) is 5.91 Å². The van der Waals surface area contributed by atoms with Crippen LogP contribution in [0.2, 0.25) is 0 Å². The van der Waals surface area contributed by atoms with Crippen molar-refractivity contribution >= 4 is 5.91 Å². The van der Waals surface area contributed by atoms with Crippen LogP contribution in [-0.2, 0) is 4.79 Å². The van der Waals surface area contributed by atoms with Gasteiger partial charge < -0.3 is 4.90 Å². The Balaban J connectivity index is 1.86. The number of nitrogens with zero attached hydrogens (tertiary/aromatic N) is 2. The van der Waals surface area contributed by atoms with Crippen LogP contribution in [0.3, 0.4) is 0 Å². The van der Waals surface area contributed by atoms with Crippen molar-refractivity contribution in [2.75, 3.05) is 13.6 Å². The van der Waals surface area contributed by atoms with Gasteiger partial charge in [-0.2, -0.15) is 5.26 Å². The van der Waals surface area contributed by atoms with Crippen molar-refractivity contribution in [2.24, 2.45) is 23.7 Å². The summed E-state index contributed by atoms with van der Waals surface area (Å²) >= 11 is 0. The molecule has 2 saturated carbocycles. The Kier molecular flexibility index (Phi) is 4.27. The molecule has 4 atom stereocenters. The lowest BCUT2D eigenvalue weighted by Gasteiger charge is -2.28. The molecule has 2 aliphatic carbocycles. The maximum atomic E-state index is 12.2. The first-order chi connectivity index (χ1) is 8.65. The molecule has 0 aliphatic heterocycles. The van der Waals surface area contributed by atoms with Crippen molar-refractivity contribution in [3.05, 3.63) is 0 Å².